The summed E-state index contributed by atoms with van der Waals surface area (Å²) in [4.78, 5) is 27.4. The zero-order chi connectivity index (χ0) is 18.3. The number of nitrogens with zero attached hydrogens (tertiary/aromatic N) is 1. The smallest absolute Gasteiger partial charge is 0.410 e. The lowest BCUT2D eigenvalue weighted by Gasteiger charge is -2.28. The van der Waals surface area contributed by atoms with Gasteiger partial charge in [0.15, 0.2) is 0 Å². The summed E-state index contributed by atoms with van der Waals surface area (Å²) in [6, 6.07) is 7.41. The summed E-state index contributed by atoms with van der Waals surface area (Å²) in [5, 5.41) is 7.86. The highest BCUT2D eigenvalue weighted by atomic mass is 35.5. The number of fused-ring (bicyclic) bond motifs is 3. The molecule has 0 bridgehead atoms. The Morgan fingerprint density at radius 1 is 1.42 bits per heavy atom. The highest BCUT2D eigenvalue weighted by molar-refractivity contribution is 7.16. The van der Waals surface area contributed by atoms with Crippen LogP contribution in [-0.2, 0) is 17.7 Å². The van der Waals surface area contributed by atoms with Crippen molar-refractivity contribution in [3.8, 4) is 0 Å². The molecule has 26 heavy (non-hydrogen) atoms. The minimum absolute atomic E-state index is 0.0918. The monoisotopic (exact) mass is 391 g/mol. The molecule has 0 radical (unpaired) electrons. The molecule has 6 nitrogen and oxygen atoms in total. The maximum absolute atomic E-state index is 12.7. The molecule has 1 aromatic carbocycles. The van der Waals surface area contributed by atoms with Crippen LogP contribution < -0.4 is 10.6 Å². The van der Waals surface area contributed by atoms with Crippen LogP contribution in [0.3, 0.4) is 0 Å². The Bertz CT molecular complexity index is 883. The molecule has 8 heteroatoms. The number of halogens is 1. The number of anilines is 1. The van der Waals surface area contributed by atoms with Gasteiger partial charge in [-0.25, -0.2) is 4.79 Å². The van der Waals surface area contributed by atoms with Crippen LogP contribution in [0, 0.1) is 0 Å². The number of hydrogen-bond acceptors (Lipinski definition) is 5. The van der Waals surface area contributed by atoms with Gasteiger partial charge < -0.3 is 20.3 Å². The summed E-state index contributed by atoms with van der Waals surface area (Å²) in [6.07, 6.45) is 0.0189. The molecule has 2 amide bonds. The average molecular weight is 392 g/mol. The SMILES string of the molecule is CCOC(=O)N1CCc2c(sc3c2C(=O)NC(c2cccc(Cl)c2)N3)C1. The summed E-state index contributed by atoms with van der Waals surface area (Å²) in [5.41, 5.74) is 2.63. The topological polar surface area (TPSA) is 70.7 Å². The molecule has 0 spiro atoms. The fourth-order valence-electron chi connectivity index (χ4n) is 3.34. The summed E-state index contributed by atoms with van der Waals surface area (Å²) in [5.74, 6) is -0.0918. The van der Waals surface area contributed by atoms with E-state index in [0.29, 0.717) is 36.7 Å². The minimum Gasteiger partial charge on any atom is -0.450 e. The largest absolute Gasteiger partial charge is 0.450 e. The number of carbonyl (C=O) groups excluding carboxylic acids is 2. The summed E-state index contributed by atoms with van der Waals surface area (Å²) in [6.45, 7) is 3.18. The maximum Gasteiger partial charge on any atom is 0.410 e. The standard InChI is InChI=1S/C18H18ClN3O3S/c1-2-25-18(24)22-7-6-12-13(9-22)26-17-14(12)16(23)20-15(21-17)10-4-3-5-11(19)8-10/h3-5,8,15,21H,2,6-7,9H2,1H3,(H,20,23). The lowest BCUT2D eigenvalue weighted by Crippen LogP contribution is -2.39. The Morgan fingerprint density at radius 3 is 3.04 bits per heavy atom. The van der Waals surface area contributed by atoms with Gasteiger partial charge in [0.2, 0.25) is 0 Å². The van der Waals surface area contributed by atoms with Crippen molar-refractivity contribution in [2.24, 2.45) is 0 Å². The van der Waals surface area contributed by atoms with Crippen molar-refractivity contribution in [1.29, 1.82) is 0 Å². The van der Waals surface area contributed by atoms with E-state index in [0.717, 1.165) is 21.0 Å². The third-order valence-corrected chi connectivity index (χ3v) is 5.93. The lowest BCUT2D eigenvalue weighted by atomic mass is 10.0. The van der Waals surface area contributed by atoms with Gasteiger partial charge in [0, 0.05) is 16.4 Å². The molecule has 0 saturated heterocycles. The van der Waals surface area contributed by atoms with Crippen molar-refractivity contribution in [1.82, 2.24) is 10.2 Å². The zero-order valence-electron chi connectivity index (χ0n) is 14.2. The Balaban J connectivity index is 1.61. The van der Waals surface area contributed by atoms with Crippen molar-refractivity contribution in [3.63, 3.8) is 0 Å². The van der Waals surface area contributed by atoms with Gasteiger partial charge in [-0.3, -0.25) is 4.79 Å². The van der Waals surface area contributed by atoms with Crippen molar-refractivity contribution in [2.45, 2.75) is 26.1 Å². The van der Waals surface area contributed by atoms with Crippen molar-refractivity contribution < 1.29 is 14.3 Å². The predicted octanol–water partition coefficient (Wildman–Crippen LogP) is 3.77. The van der Waals surface area contributed by atoms with Gasteiger partial charge in [-0.15, -0.1) is 11.3 Å². The summed E-state index contributed by atoms with van der Waals surface area (Å²) in [7, 11) is 0. The molecule has 0 fully saturated rings. The van der Waals surface area contributed by atoms with Crippen LogP contribution in [0.25, 0.3) is 0 Å². The fraction of sp³-hybridized carbons (Fsp3) is 0.333. The van der Waals surface area contributed by atoms with Crippen LogP contribution in [0.15, 0.2) is 24.3 Å². The molecule has 2 N–H and O–H groups in total. The highest BCUT2D eigenvalue weighted by Crippen LogP contribution is 2.41. The second-order valence-corrected chi connectivity index (χ2v) is 7.73. The molecular weight excluding hydrogens is 374 g/mol. The highest BCUT2D eigenvalue weighted by Gasteiger charge is 2.34. The van der Waals surface area contributed by atoms with E-state index in [1.165, 1.54) is 11.3 Å². The lowest BCUT2D eigenvalue weighted by molar-refractivity contribution is 0.0934. The molecule has 2 aliphatic rings. The molecule has 2 aliphatic heterocycles. The Morgan fingerprint density at radius 2 is 2.27 bits per heavy atom. The van der Waals surface area contributed by atoms with Crippen LogP contribution in [0.4, 0.5) is 9.80 Å². The number of nitrogens with one attached hydrogen (secondary N) is 2. The number of benzene rings is 1. The quantitative estimate of drug-likeness (QED) is 0.817. The first-order valence-corrected chi connectivity index (χ1v) is 9.65. The van der Waals surface area contributed by atoms with E-state index >= 15 is 0 Å². The first-order valence-electron chi connectivity index (χ1n) is 8.46. The number of carbonyl (C=O) groups is 2. The molecule has 3 heterocycles. The summed E-state index contributed by atoms with van der Waals surface area (Å²) < 4.78 is 5.09. The van der Waals surface area contributed by atoms with E-state index in [9.17, 15) is 9.59 Å². The molecule has 1 atom stereocenters. The van der Waals surface area contributed by atoms with Crippen LogP contribution >= 0.6 is 22.9 Å². The number of rotatable bonds is 2. The zero-order valence-corrected chi connectivity index (χ0v) is 15.7. The average Bonchev–Trinajstić information content (AvgIpc) is 2.99. The van der Waals surface area contributed by atoms with E-state index in [1.54, 1.807) is 17.9 Å². The molecule has 0 saturated carbocycles. The number of amides is 2. The van der Waals surface area contributed by atoms with Crippen LogP contribution in [0.1, 0.15) is 39.5 Å². The third-order valence-electron chi connectivity index (χ3n) is 4.54. The predicted molar refractivity (Wildman–Crippen MR) is 101 cm³/mol. The molecule has 1 aromatic heterocycles. The maximum atomic E-state index is 12.7. The second-order valence-electron chi connectivity index (χ2n) is 6.18. The van der Waals surface area contributed by atoms with Crippen LogP contribution in [0.2, 0.25) is 5.02 Å². The van der Waals surface area contributed by atoms with Gasteiger partial charge >= 0.3 is 6.09 Å². The van der Waals surface area contributed by atoms with E-state index < -0.39 is 0 Å². The molecule has 136 valence electrons. The van der Waals surface area contributed by atoms with Gasteiger partial charge in [-0.2, -0.15) is 0 Å². The molecule has 0 aliphatic carbocycles. The first-order chi connectivity index (χ1) is 12.6. The van der Waals surface area contributed by atoms with Crippen LogP contribution in [-0.4, -0.2) is 30.1 Å². The number of hydrogen-bond donors (Lipinski definition) is 2. The van der Waals surface area contributed by atoms with Gasteiger partial charge in [0.05, 0.1) is 18.7 Å². The van der Waals surface area contributed by atoms with E-state index in [-0.39, 0.29) is 18.2 Å². The van der Waals surface area contributed by atoms with Crippen molar-refractivity contribution in [3.05, 3.63) is 50.9 Å². The van der Waals surface area contributed by atoms with Crippen LogP contribution in [0.5, 0.6) is 0 Å². The van der Waals surface area contributed by atoms with Gasteiger partial charge in [-0.05, 0) is 36.6 Å². The molecule has 2 aromatic rings. The van der Waals surface area contributed by atoms with Gasteiger partial charge in [-0.1, -0.05) is 23.7 Å². The molecule has 4 rings (SSSR count). The molecular formula is C18H18ClN3O3S. The third kappa shape index (κ3) is 3.01. The van der Waals surface area contributed by atoms with Gasteiger partial charge in [0.25, 0.3) is 5.91 Å². The Hall–Kier alpha value is -2.25. The minimum atomic E-state index is -0.324. The van der Waals surface area contributed by atoms with E-state index in [4.69, 9.17) is 16.3 Å². The normalized spacial score (nSPS) is 18.5. The first kappa shape index (κ1) is 17.2. The second kappa shape index (κ2) is 6.81. The van der Waals surface area contributed by atoms with Crippen molar-refractivity contribution in [2.75, 3.05) is 18.5 Å². The van der Waals surface area contributed by atoms with Gasteiger partial charge in [0.1, 0.15) is 11.2 Å². The Labute approximate surface area is 160 Å². The van der Waals surface area contributed by atoms with E-state index in [1.807, 2.05) is 18.2 Å². The number of ether oxygens (including phenoxy) is 1. The summed E-state index contributed by atoms with van der Waals surface area (Å²) >= 11 is 7.60. The number of thiophene rings is 1. The van der Waals surface area contributed by atoms with E-state index in [2.05, 4.69) is 10.6 Å². The van der Waals surface area contributed by atoms with Crippen molar-refractivity contribution >= 4 is 39.9 Å². The fourth-order valence-corrected chi connectivity index (χ4v) is 4.83. The Kier molecular flexibility index (Phi) is 4.50. The molecule has 1 unspecified atom stereocenters.